The Kier molecular flexibility index (Phi) is 2.69. The molecule has 1 aromatic rings. The van der Waals surface area contributed by atoms with E-state index in [1.54, 1.807) is 7.11 Å². The molecule has 1 fully saturated rings. The van der Waals surface area contributed by atoms with Gasteiger partial charge >= 0.3 is 0 Å². The molecule has 0 unspecified atom stereocenters. The summed E-state index contributed by atoms with van der Waals surface area (Å²) in [5.74, 6) is 1.23. The molecule has 0 aromatic heterocycles. The maximum atomic E-state index is 12.3. The highest BCUT2D eigenvalue weighted by molar-refractivity contribution is 6.03. The molecule has 3 rings (SSSR count). The van der Waals surface area contributed by atoms with Gasteiger partial charge in [-0.3, -0.25) is 4.79 Å². The fourth-order valence-electron chi connectivity index (χ4n) is 3.83. The number of methoxy groups -OCH3 is 1. The molecular formula is C16H20O2. The van der Waals surface area contributed by atoms with Gasteiger partial charge in [-0.25, -0.2) is 0 Å². The molecule has 2 heteroatoms. The van der Waals surface area contributed by atoms with E-state index in [9.17, 15) is 4.79 Å². The summed E-state index contributed by atoms with van der Waals surface area (Å²) in [5.41, 5.74) is 3.46. The number of ether oxygens (including phenoxy) is 1. The summed E-state index contributed by atoms with van der Waals surface area (Å²) in [6.07, 6.45) is 6.87. The normalized spacial score (nSPS) is 21.1. The molecule has 0 bridgehead atoms. The Labute approximate surface area is 108 Å². The molecule has 0 saturated heterocycles. The fraction of sp³-hybridized carbons (Fsp3) is 0.562. The molecular weight excluding hydrogens is 224 g/mol. The third-order valence-electron chi connectivity index (χ3n) is 4.70. The van der Waals surface area contributed by atoms with Crippen molar-refractivity contribution in [1.82, 2.24) is 0 Å². The van der Waals surface area contributed by atoms with Crippen LogP contribution in [0.2, 0.25) is 0 Å². The van der Waals surface area contributed by atoms with Crippen molar-refractivity contribution in [3.63, 3.8) is 0 Å². The summed E-state index contributed by atoms with van der Waals surface area (Å²) in [7, 11) is 1.70. The number of ketones is 1. The van der Waals surface area contributed by atoms with Crippen LogP contribution in [0.15, 0.2) is 12.1 Å². The number of carbonyl (C=O) groups is 1. The predicted molar refractivity (Wildman–Crippen MR) is 71.4 cm³/mol. The first kappa shape index (κ1) is 11.8. The predicted octanol–water partition coefficient (Wildman–Crippen LogP) is 3.79. The standard InChI is InChI=1S/C16H20O2/c1-11-8-12(18-2)9-13-15(11)14(17)10-16(13)6-4-3-5-7-16/h8-9H,3-7,10H2,1-2H3. The molecule has 18 heavy (non-hydrogen) atoms. The third-order valence-corrected chi connectivity index (χ3v) is 4.70. The number of Topliss-reactive ketones (excluding diaryl/α,β-unsaturated/α-hetero) is 1. The summed E-state index contributed by atoms with van der Waals surface area (Å²) in [4.78, 5) is 12.3. The molecule has 0 atom stereocenters. The first-order valence-corrected chi connectivity index (χ1v) is 6.89. The van der Waals surface area contributed by atoms with Gasteiger partial charge in [-0.15, -0.1) is 0 Å². The number of aryl methyl sites for hydroxylation is 1. The van der Waals surface area contributed by atoms with Crippen LogP contribution >= 0.6 is 0 Å². The van der Waals surface area contributed by atoms with Gasteiger partial charge in [0.25, 0.3) is 0 Å². The summed E-state index contributed by atoms with van der Waals surface area (Å²) >= 11 is 0. The fourth-order valence-corrected chi connectivity index (χ4v) is 3.83. The van der Waals surface area contributed by atoms with E-state index in [4.69, 9.17) is 4.74 Å². The second-order valence-electron chi connectivity index (χ2n) is 5.81. The van der Waals surface area contributed by atoms with Crippen LogP contribution in [0.5, 0.6) is 5.75 Å². The lowest BCUT2D eigenvalue weighted by Gasteiger charge is -2.34. The van der Waals surface area contributed by atoms with Gasteiger partial charge in [0.1, 0.15) is 5.75 Å². The molecule has 0 amide bonds. The van der Waals surface area contributed by atoms with Crippen LogP contribution in [-0.4, -0.2) is 12.9 Å². The van der Waals surface area contributed by atoms with E-state index >= 15 is 0 Å². The minimum Gasteiger partial charge on any atom is -0.497 e. The van der Waals surface area contributed by atoms with Gasteiger partial charge in [-0.2, -0.15) is 0 Å². The van der Waals surface area contributed by atoms with Gasteiger partial charge in [0, 0.05) is 17.4 Å². The van der Waals surface area contributed by atoms with E-state index in [-0.39, 0.29) is 5.41 Å². The highest BCUT2D eigenvalue weighted by Gasteiger charge is 2.44. The minimum atomic E-state index is 0.129. The van der Waals surface area contributed by atoms with Crippen molar-refractivity contribution in [2.45, 2.75) is 50.9 Å². The SMILES string of the molecule is COc1cc(C)c2c(c1)C1(CCCCC1)CC2=O. The van der Waals surface area contributed by atoms with Gasteiger partial charge in [0.15, 0.2) is 5.78 Å². The van der Waals surface area contributed by atoms with Crippen molar-refractivity contribution < 1.29 is 9.53 Å². The van der Waals surface area contributed by atoms with Crippen molar-refractivity contribution in [2.24, 2.45) is 0 Å². The highest BCUT2D eigenvalue weighted by atomic mass is 16.5. The molecule has 1 spiro atoms. The van der Waals surface area contributed by atoms with Gasteiger partial charge in [-0.05, 0) is 43.0 Å². The molecule has 2 aliphatic rings. The average molecular weight is 244 g/mol. The van der Waals surface area contributed by atoms with Gasteiger partial charge in [0.2, 0.25) is 0 Å². The monoisotopic (exact) mass is 244 g/mol. The summed E-state index contributed by atoms with van der Waals surface area (Å²) in [6.45, 7) is 2.03. The number of carbonyl (C=O) groups excluding carboxylic acids is 1. The van der Waals surface area contributed by atoms with Gasteiger partial charge < -0.3 is 4.74 Å². The Morgan fingerprint density at radius 1 is 1.17 bits per heavy atom. The third kappa shape index (κ3) is 1.58. The largest absolute Gasteiger partial charge is 0.497 e. The van der Waals surface area contributed by atoms with Crippen LogP contribution in [0.4, 0.5) is 0 Å². The van der Waals surface area contributed by atoms with Crippen LogP contribution in [0.1, 0.15) is 60.0 Å². The Morgan fingerprint density at radius 2 is 1.89 bits per heavy atom. The molecule has 1 saturated carbocycles. The lowest BCUT2D eigenvalue weighted by atomic mass is 9.70. The van der Waals surface area contributed by atoms with E-state index in [0.717, 1.165) is 23.3 Å². The van der Waals surface area contributed by atoms with E-state index in [0.29, 0.717) is 5.78 Å². The van der Waals surface area contributed by atoms with E-state index in [1.807, 2.05) is 13.0 Å². The Balaban J connectivity index is 2.16. The first-order valence-electron chi connectivity index (χ1n) is 6.89. The molecule has 0 heterocycles. The summed E-state index contributed by atoms with van der Waals surface area (Å²) in [6, 6.07) is 4.09. The van der Waals surface area contributed by atoms with Crippen molar-refractivity contribution in [3.8, 4) is 5.75 Å². The number of hydrogen-bond acceptors (Lipinski definition) is 2. The summed E-state index contributed by atoms with van der Waals surface area (Å²) < 4.78 is 5.38. The van der Waals surface area contributed by atoms with Crippen molar-refractivity contribution in [2.75, 3.05) is 7.11 Å². The highest BCUT2D eigenvalue weighted by Crippen LogP contribution is 2.50. The quantitative estimate of drug-likeness (QED) is 0.751. The zero-order valence-corrected chi connectivity index (χ0v) is 11.2. The smallest absolute Gasteiger partial charge is 0.164 e. The van der Waals surface area contributed by atoms with Crippen LogP contribution < -0.4 is 4.74 Å². The topological polar surface area (TPSA) is 26.3 Å². The average Bonchev–Trinajstić information content (AvgIpc) is 2.63. The van der Waals surface area contributed by atoms with E-state index < -0.39 is 0 Å². The number of hydrogen-bond donors (Lipinski definition) is 0. The first-order chi connectivity index (χ1) is 8.66. The number of benzene rings is 1. The Hall–Kier alpha value is -1.31. The molecule has 96 valence electrons. The van der Waals surface area contributed by atoms with Crippen molar-refractivity contribution >= 4 is 5.78 Å². The molecule has 0 radical (unpaired) electrons. The van der Waals surface area contributed by atoms with Gasteiger partial charge in [-0.1, -0.05) is 19.3 Å². The van der Waals surface area contributed by atoms with E-state index in [1.165, 1.54) is 37.7 Å². The zero-order chi connectivity index (χ0) is 12.8. The second kappa shape index (κ2) is 4.11. The number of rotatable bonds is 1. The lowest BCUT2D eigenvalue weighted by molar-refractivity contribution is 0.0961. The van der Waals surface area contributed by atoms with Crippen LogP contribution in [0.3, 0.4) is 0 Å². The lowest BCUT2D eigenvalue weighted by Crippen LogP contribution is -2.26. The summed E-state index contributed by atoms with van der Waals surface area (Å²) in [5, 5.41) is 0. The zero-order valence-electron chi connectivity index (χ0n) is 11.2. The molecule has 1 aromatic carbocycles. The molecule has 2 nitrogen and oxygen atoms in total. The van der Waals surface area contributed by atoms with Crippen LogP contribution in [0, 0.1) is 6.92 Å². The molecule has 2 aliphatic carbocycles. The van der Waals surface area contributed by atoms with Crippen molar-refractivity contribution in [1.29, 1.82) is 0 Å². The minimum absolute atomic E-state index is 0.129. The van der Waals surface area contributed by atoms with Crippen LogP contribution in [-0.2, 0) is 5.41 Å². The van der Waals surface area contributed by atoms with E-state index in [2.05, 4.69) is 6.07 Å². The van der Waals surface area contributed by atoms with Crippen molar-refractivity contribution in [3.05, 3.63) is 28.8 Å². The maximum absolute atomic E-state index is 12.3. The second-order valence-corrected chi connectivity index (χ2v) is 5.81. The van der Waals surface area contributed by atoms with Gasteiger partial charge in [0.05, 0.1) is 7.11 Å². The number of fused-ring (bicyclic) bond motifs is 2. The Bertz CT molecular complexity index is 496. The Morgan fingerprint density at radius 3 is 2.56 bits per heavy atom. The van der Waals surface area contributed by atoms with Crippen LogP contribution in [0.25, 0.3) is 0 Å². The maximum Gasteiger partial charge on any atom is 0.164 e. The molecule has 0 aliphatic heterocycles. The molecule has 0 N–H and O–H groups in total.